The van der Waals surface area contributed by atoms with Crippen molar-refractivity contribution in [3.63, 3.8) is 0 Å². The monoisotopic (exact) mass is 1010 g/mol. The summed E-state index contributed by atoms with van der Waals surface area (Å²) >= 11 is 0. The van der Waals surface area contributed by atoms with Gasteiger partial charge in [0.05, 0.1) is 68.0 Å². The van der Waals surface area contributed by atoms with E-state index in [0.717, 1.165) is 16.7 Å². The van der Waals surface area contributed by atoms with Gasteiger partial charge in [0.15, 0.2) is 5.78 Å². The summed E-state index contributed by atoms with van der Waals surface area (Å²) in [7, 11) is 0. The van der Waals surface area contributed by atoms with Crippen LogP contribution in [0.4, 0.5) is 22.7 Å². The molecule has 27 nitrogen and oxygen atoms in total. The molecule has 1 aliphatic carbocycles. The summed E-state index contributed by atoms with van der Waals surface area (Å²) < 4.78 is 17.6. The van der Waals surface area contributed by atoms with Crippen LogP contribution in [0.5, 0.6) is 0 Å². The summed E-state index contributed by atoms with van der Waals surface area (Å²) in [5, 5.41) is 28.8. The van der Waals surface area contributed by atoms with Crippen molar-refractivity contribution >= 4 is 85.7 Å². The van der Waals surface area contributed by atoms with Gasteiger partial charge in [0.25, 0.3) is 34.9 Å². The van der Waals surface area contributed by atoms with Crippen LogP contribution in [0.1, 0.15) is 88.2 Å². The van der Waals surface area contributed by atoms with Gasteiger partial charge in [-0.2, -0.15) is 0 Å². The highest BCUT2D eigenvalue weighted by molar-refractivity contribution is 6.07. The van der Waals surface area contributed by atoms with Crippen LogP contribution in [0.15, 0.2) is 76.8 Å². The van der Waals surface area contributed by atoms with Crippen molar-refractivity contribution in [2.24, 2.45) is 0 Å². The van der Waals surface area contributed by atoms with Crippen molar-refractivity contribution in [2.75, 3.05) is 31.3 Å². The van der Waals surface area contributed by atoms with Crippen LogP contribution in [0.3, 0.4) is 0 Å². The second-order valence-corrected chi connectivity index (χ2v) is 16.0. The number of anilines is 2. The van der Waals surface area contributed by atoms with E-state index in [1.165, 1.54) is 41.5 Å². The third-order valence-electron chi connectivity index (χ3n) is 11.1. The van der Waals surface area contributed by atoms with Crippen LogP contribution in [0.2, 0.25) is 0 Å². The molecule has 3 unspecified atom stereocenters. The Bertz CT molecular complexity index is 3070. The number of nitrogen functional groups attached to an aromatic ring is 2. The van der Waals surface area contributed by atoms with Crippen LogP contribution >= 0.6 is 0 Å². The maximum atomic E-state index is 12.4. The SMILES string of the molecule is CCOC(OCC)OCC.Nc1cc([N+](=O)[O-])ccc1C(=O)NC1CCC(=O)CC1=O.Nc1ccc2c(=O)n(C3CCC(=O)NC3=O)cnc2c1.O=C1CCC(n2cnc3cc([N+](=O)[O-])ccc3c2=O)C(=O)N1. The first-order valence-electron chi connectivity index (χ1n) is 22.6. The van der Waals surface area contributed by atoms with Gasteiger partial charge in [-0.3, -0.25) is 83.1 Å². The topological polar surface area (TPSA) is 391 Å². The van der Waals surface area contributed by atoms with Gasteiger partial charge in [-0.15, -0.1) is 0 Å². The Kier molecular flexibility index (Phi) is 19.2. The van der Waals surface area contributed by atoms with Gasteiger partial charge in [0.2, 0.25) is 23.6 Å². The van der Waals surface area contributed by atoms with Gasteiger partial charge in [0, 0.05) is 69.0 Å². The number of piperidine rings is 2. The zero-order valence-corrected chi connectivity index (χ0v) is 39.6. The Labute approximate surface area is 412 Å². The van der Waals surface area contributed by atoms with E-state index in [4.69, 9.17) is 25.7 Å². The molecular formula is C46H51N11O16. The highest BCUT2D eigenvalue weighted by atomic mass is 16.8. The zero-order valence-electron chi connectivity index (χ0n) is 39.6. The van der Waals surface area contributed by atoms with E-state index < -0.39 is 57.7 Å². The fourth-order valence-electron chi connectivity index (χ4n) is 7.41. The third kappa shape index (κ3) is 14.5. The second kappa shape index (κ2) is 25.4. The number of benzene rings is 3. The number of imide groups is 2. The molecule has 386 valence electrons. The molecule has 0 spiro atoms. The number of amides is 5. The van der Waals surface area contributed by atoms with E-state index in [2.05, 4.69) is 25.9 Å². The number of nitrogens with two attached hydrogens (primary N) is 2. The smallest absolute Gasteiger partial charge is 0.271 e. The quantitative estimate of drug-likeness (QED) is 0.0299. The van der Waals surface area contributed by atoms with E-state index in [1.807, 2.05) is 20.8 Å². The lowest BCUT2D eigenvalue weighted by Gasteiger charge is -2.22. The number of rotatable bonds is 12. The number of hydrogen-bond donors (Lipinski definition) is 5. The molecule has 5 amide bonds. The average molecular weight is 1010 g/mol. The number of carbonyl (C=O) groups is 7. The first-order chi connectivity index (χ1) is 34.8. The Hall–Kier alpha value is -8.69. The Morgan fingerprint density at radius 2 is 1.18 bits per heavy atom. The molecule has 8 rings (SSSR count). The molecule has 3 fully saturated rings. The summed E-state index contributed by atoms with van der Waals surface area (Å²) in [5.74, 6) is -2.78. The fourth-order valence-corrected chi connectivity index (χ4v) is 7.41. The Morgan fingerprint density at radius 3 is 1.64 bits per heavy atom. The molecule has 2 saturated heterocycles. The fraction of sp³-hybridized carbons (Fsp3) is 0.370. The van der Waals surface area contributed by atoms with Gasteiger partial charge in [-0.05, 0) is 70.4 Å². The molecule has 5 aromatic rings. The molecule has 3 aliphatic rings. The van der Waals surface area contributed by atoms with Gasteiger partial charge < -0.3 is 31.0 Å². The number of nitrogens with zero attached hydrogens (tertiary/aromatic N) is 6. The number of nitro benzene ring substituents is 2. The number of ether oxygens (including phenoxy) is 3. The number of ketones is 2. The van der Waals surface area contributed by atoms with E-state index in [-0.39, 0.29) is 101 Å². The lowest BCUT2D eigenvalue weighted by Crippen LogP contribution is -2.44. The summed E-state index contributed by atoms with van der Waals surface area (Å²) in [6.45, 7) is 7.10. The van der Waals surface area contributed by atoms with Crippen molar-refractivity contribution in [2.45, 2.75) is 90.3 Å². The van der Waals surface area contributed by atoms with Gasteiger partial charge in [0.1, 0.15) is 17.9 Å². The molecule has 4 heterocycles. The number of Topliss-reactive ketones (excluding diaryl/α,β-unsaturated/α-hetero) is 2. The van der Waals surface area contributed by atoms with Crippen molar-refractivity contribution in [1.82, 2.24) is 35.1 Å². The predicted octanol–water partition coefficient (Wildman–Crippen LogP) is 2.22. The first kappa shape index (κ1) is 55.2. The molecule has 27 heteroatoms. The molecule has 7 N–H and O–H groups in total. The van der Waals surface area contributed by atoms with E-state index >= 15 is 0 Å². The van der Waals surface area contributed by atoms with Crippen LogP contribution in [0, 0.1) is 20.2 Å². The minimum Gasteiger partial charge on any atom is -0.399 e. The lowest BCUT2D eigenvalue weighted by atomic mass is 9.93. The molecule has 3 aromatic carbocycles. The Balaban J connectivity index is 0.000000186. The van der Waals surface area contributed by atoms with E-state index in [0.29, 0.717) is 42.8 Å². The summed E-state index contributed by atoms with van der Waals surface area (Å²) in [4.78, 5) is 134. The number of aromatic nitrogens is 4. The molecule has 73 heavy (non-hydrogen) atoms. The highest BCUT2D eigenvalue weighted by Crippen LogP contribution is 2.23. The molecule has 0 bridgehead atoms. The molecular weight excluding hydrogens is 963 g/mol. The predicted molar refractivity (Wildman–Crippen MR) is 257 cm³/mol. The maximum Gasteiger partial charge on any atom is 0.271 e. The molecule has 2 aliphatic heterocycles. The van der Waals surface area contributed by atoms with Crippen LogP contribution in [-0.4, -0.2) is 102 Å². The van der Waals surface area contributed by atoms with Crippen LogP contribution in [0.25, 0.3) is 21.8 Å². The number of carbonyl (C=O) groups excluding carboxylic acids is 7. The van der Waals surface area contributed by atoms with Crippen LogP contribution < -0.4 is 38.5 Å². The number of nitro groups is 2. The molecule has 1 saturated carbocycles. The lowest BCUT2D eigenvalue weighted by molar-refractivity contribution is -0.384. The summed E-state index contributed by atoms with van der Waals surface area (Å²) in [6, 6.07) is 9.78. The molecule has 2 aromatic heterocycles. The largest absolute Gasteiger partial charge is 0.399 e. The Morgan fingerprint density at radius 1 is 0.699 bits per heavy atom. The number of hydrogen-bond acceptors (Lipinski definition) is 20. The van der Waals surface area contributed by atoms with Gasteiger partial charge in [-0.25, -0.2) is 9.97 Å². The van der Waals surface area contributed by atoms with Gasteiger partial charge in [-0.1, -0.05) is 0 Å². The maximum absolute atomic E-state index is 12.4. The first-order valence-corrected chi connectivity index (χ1v) is 22.6. The minimum absolute atomic E-state index is 0.0407. The van der Waals surface area contributed by atoms with Crippen molar-refractivity contribution in [1.29, 1.82) is 0 Å². The third-order valence-corrected chi connectivity index (χ3v) is 11.1. The standard InChI is InChI=1S/C13H10N4O5.C13H12N4O3.C13H13N3O5.C7H16O3/c18-11-4-3-10(12(19)15-11)16-6-14-9-5-7(17(21)22)1-2-8(9)13(16)20;14-7-1-2-8-9(5-7)15-6-17(13(8)20)10-3-4-11(18)16-12(10)19;14-10-5-7(16(20)21)1-3-9(10)13(19)15-11-4-2-8(17)6-12(11)18;1-4-8-7(9-5-2)10-6-3/h1-2,5-6,10H,3-4H2,(H,15,18,19);1-2,5-6,10H,3-4,14H2,(H,16,18,19);1,3,5,11H,2,4,6,14H2,(H,15,19);7H,4-6H2,1-3H3. The normalized spacial score (nSPS) is 17.5. The summed E-state index contributed by atoms with van der Waals surface area (Å²) in [6.07, 6.45) is 3.68. The van der Waals surface area contributed by atoms with Gasteiger partial charge >= 0.3 is 0 Å². The van der Waals surface area contributed by atoms with Crippen LogP contribution in [-0.2, 0) is 43.0 Å². The summed E-state index contributed by atoms with van der Waals surface area (Å²) in [5.41, 5.74) is 11.3. The zero-order chi connectivity index (χ0) is 53.5. The van der Waals surface area contributed by atoms with Crippen molar-refractivity contribution < 1.29 is 57.6 Å². The minimum atomic E-state index is -0.808. The number of nitrogens with one attached hydrogen (secondary N) is 3. The molecule has 0 radical (unpaired) electrons. The van der Waals surface area contributed by atoms with Crippen molar-refractivity contribution in [3.05, 3.63) is 114 Å². The van der Waals surface area contributed by atoms with Crippen molar-refractivity contribution in [3.8, 4) is 0 Å². The van der Waals surface area contributed by atoms with E-state index in [1.54, 1.807) is 18.2 Å². The second-order valence-electron chi connectivity index (χ2n) is 16.0. The van der Waals surface area contributed by atoms with E-state index in [9.17, 15) is 63.4 Å². The molecule has 3 atom stereocenters. The number of non-ortho nitro benzene ring substituents is 2. The average Bonchev–Trinajstić information content (AvgIpc) is 3.34. The highest BCUT2D eigenvalue weighted by Gasteiger charge is 2.31. The number of fused-ring (bicyclic) bond motifs is 2.